The minimum Gasteiger partial charge on any atom is -0.486 e. The fourth-order valence-electron chi connectivity index (χ4n) is 2.19. The van der Waals surface area contributed by atoms with Gasteiger partial charge in [-0.1, -0.05) is 33.8 Å². The van der Waals surface area contributed by atoms with E-state index >= 15 is 0 Å². The first kappa shape index (κ1) is 18.6. The molecule has 0 aliphatic carbocycles. The summed E-state index contributed by atoms with van der Waals surface area (Å²) in [6.07, 6.45) is 0. The Morgan fingerprint density at radius 1 is 1.08 bits per heavy atom. The average molecular weight is 438 g/mol. The van der Waals surface area contributed by atoms with Crippen molar-refractivity contribution in [2.24, 2.45) is 0 Å². The Hall–Kier alpha value is -2.21. The van der Waals surface area contributed by atoms with E-state index in [1.165, 1.54) is 12.1 Å². The number of ether oxygens (including phenoxy) is 3. The maximum atomic E-state index is 12.3. The molecule has 136 valence electrons. The van der Waals surface area contributed by atoms with Crippen LogP contribution in [-0.2, 0) is 10.0 Å². The van der Waals surface area contributed by atoms with Crippen molar-refractivity contribution in [3.05, 3.63) is 46.9 Å². The van der Waals surface area contributed by atoms with Gasteiger partial charge in [0.25, 0.3) is 0 Å². The first-order chi connectivity index (χ1) is 12.5. The van der Waals surface area contributed by atoms with Crippen LogP contribution in [0.3, 0.4) is 0 Å². The van der Waals surface area contributed by atoms with Gasteiger partial charge >= 0.3 is 0 Å². The molecule has 0 saturated heterocycles. The summed E-state index contributed by atoms with van der Waals surface area (Å²) in [6.45, 7) is 1.00. The van der Waals surface area contributed by atoms with Gasteiger partial charge in [-0.2, -0.15) is 4.72 Å². The van der Waals surface area contributed by atoms with Crippen LogP contribution < -0.4 is 18.9 Å². The lowest BCUT2D eigenvalue weighted by atomic mass is 10.3. The molecule has 2 aromatic carbocycles. The summed E-state index contributed by atoms with van der Waals surface area (Å²) in [6, 6.07) is 11.9. The van der Waals surface area contributed by atoms with E-state index in [2.05, 4.69) is 32.5 Å². The molecule has 1 N–H and O–H groups in total. The Morgan fingerprint density at radius 2 is 1.88 bits per heavy atom. The maximum absolute atomic E-state index is 12.3. The highest BCUT2D eigenvalue weighted by molar-refractivity contribution is 9.10. The molecule has 0 bridgehead atoms. The van der Waals surface area contributed by atoms with Crippen LogP contribution in [-0.4, -0.2) is 34.8 Å². The third-order valence-electron chi connectivity index (χ3n) is 3.41. The summed E-state index contributed by atoms with van der Waals surface area (Å²) in [5, 5.41) is 0. The molecule has 0 unspecified atom stereocenters. The predicted octanol–water partition coefficient (Wildman–Crippen LogP) is 2.58. The smallest absolute Gasteiger partial charge is 0.241 e. The van der Waals surface area contributed by atoms with Crippen molar-refractivity contribution in [3.63, 3.8) is 0 Å². The molecule has 0 fully saturated rings. The molecule has 1 aliphatic heterocycles. The number of nitrogens with one attached hydrogen (secondary N) is 1. The van der Waals surface area contributed by atoms with Crippen molar-refractivity contribution in [1.82, 2.24) is 4.72 Å². The van der Waals surface area contributed by atoms with Crippen molar-refractivity contribution >= 4 is 26.0 Å². The second kappa shape index (κ2) is 8.45. The Labute approximate surface area is 160 Å². The van der Waals surface area contributed by atoms with Crippen LogP contribution in [0.1, 0.15) is 0 Å². The zero-order chi connectivity index (χ0) is 18.4. The van der Waals surface area contributed by atoms with Crippen molar-refractivity contribution in [3.8, 4) is 29.1 Å². The Balaban J connectivity index is 1.53. The third kappa shape index (κ3) is 4.91. The maximum Gasteiger partial charge on any atom is 0.241 e. The molecule has 0 atom stereocenters. The topological polar surface area (TPSA) is 73.9 Å². The number of fused-ring (bicyclic) bond motifs is 1. The summed E-state index contributed by atoms with van der Waals surface area (Å²) in [5.41, 5.74) is 0. The standard InChI is InChI=1S/C18H16BrNO5S/c19-14-4-3-5-15(12-14)23-9-2-1-8-20-26(21,22)16-6-7-17-18(13-16)25-11-10-24-17/h3-7,12-13,20H,8-11H2. The highest BCUT2D eigenvalue weighted by atomic mass is 79.9. The summed E-state index contributed by atoms with van der Waals surface area (Å²) in [4.78, 5) is 0.105. The minimum absolute atomic E-state index is 0.0153. The number of hydrogen-bond acceptors (Lipinski definition) is 5. The van der Waals surface area contributed by atoms with E-state index in [-0.39, 0.29) is 18.0 Å². The van der Waals surface area contributed by atoms with Crippen molar-refractivity contribution < 1.29 is 22.6 Å². The molecule has 2 aromatic rings. The van der Waals surface area contributed by atoms with E-state index < -0.39 is 10.0 Å². The Morgan fingerprint density at radius 3 is 2.69 bits per heavy atom. The highest BCUT2D eigenvalue weighted by Crippen LogP contribution is 2.32. The molecule has 26 heavy (non-hydrogen) atoms. The molecule has 0 saturated carbocycles. The SMILES string of the molecule is O=S(=O)(NCC#CCOc1cccc(Br)c1)c1ccc2c(c1)OCCO2. The zero-order valence-electron chi connectivity index (χ0n) is 13.7. The van der Waals surface area contributed by atoms with Gasteiger partial charge in [-0.05, 0) is 30.3 Å². The summed E-state index contributed by atoms with van der Waals surface area (Å²) in [5.74, 6) is 7.14. The lowest BCUT2D eigenvalue weighted by Gasteiger charge is -2.18. The van der Waals surface area contributed by atoms with Gasteiger partial charge in [-0.15, -0.1) is 0 Å². The second-order valence-corrected chi connectivity index (χ2v) is 7.91. The van der Waals surface area contributed by atoms with Crippen LogP contribution in [0, 0.1) is 11.8 Å². The van der Waals surface area contributed by atoms with Gasteiger partial charge in [0.15, 0.2) is 11.5 Å². The summed E-state index contributed by atoms with van der Waals surface area (Å²) in [7, 11) is -3.67. The molecule has 1 heterocycles. The number of rotatable bonds is 5. The quantitative estimate of drug-likeness (QED) is 0.727. The van der Waals surface area contributed by atoms with E-state index in [1.807, 2.05) is 24.3 Å². The lowest BCUT2D eigenvalue weighted by Crippen LogP contribution is -2.24. The van der Waals surface area contributed by atoms with Crippen LogP contribution in [0.2, 0.25) is 0 Å². The Kier molecular flexibility index (Phi) is 6.04. The number of halogens is 1. The first-order valence-electron chi connectivity index (χ1n) is 7.78. The summed E-state index contributed by atoms with van der Waals surface area (Å²) >= 11 is 3.35. The van der Waals surface area contributed by atoms with E-state index in [0.717, 1.165) is 4.47 Å². The molecule has 8 heteroatoms. The number of sulfonamides is 1. The lowest BCUT2D eigenvalue weighted by molar-refractivity contribution is 0.171. The Bertz CT molecular complexity index is 950. The molecule has 6 nitrogen and oxygen atoms in total. The van der Waals surface area contributed by atoms with Crippen molar-refractivity contribution in [2.75, 3.05) is 26.4 Å². The van der Waals surface area contributed by atoms with Crippen molar-refractivity contribution in [2.45, 2.75) is 4.90 Å². The van der Waals surface area contributed by atoms with Gasteiger partial charge in [-0.3, -0.25) is 0 Å². The normalized spacial score (nSPS) is 12.8. The monoisotopic (exact) mass is 437 g/mol. The van der Waals surface area contributed by atoms with Gasteiger partial charge in [0, 0.05) is 10.5 Å². The first-order valence-corrected chi connectivity index (χ1v) is 10.1. The predicted molar refractivity (Wildman–Crippen MR) is 100 cm³/mol. The molecule has 0 radical (unpaired) electrons. The van der Waals surface area contributed by atoms with Gasteiger partial charge < -0.3 is 14.2 Å². The van der Waals surface area contributed by atoms with Crippen LogP contribution in [0.25, 0.3) is 0 Å². The molecule has 0 spiro atoms. The van der Waals surface area contributed by atoms with Gasteiger partial charge in [0.05, 0.1) is 11.4 Å². The molecule has 1 aliphatic rings. The van der Waals surface area contributed by atoms with Crippen LogP contribution >= 0.6 is 15.9 Å². The van der Waals surface area contributed by atoms with Crippen LogP contribution in [0.5, 0.6) is 17.2 Å². The van der Waals surface area contributed by atoms with Crippen molar-refractivity contribution in [1.29, 1.82) is 0 Å². The fourth-order valence-corrected chi connectivity index (χ4v) is 3.51. The van der Waals surface area contributed by atoms with E-state index in [9.17, 15) is 8.42 Å². The average Bonchev–Trinajstić information content (AvgIpc) is 2.64. The fraction of sp³-hybridized carbons (Fsp3) is 0.222. The van der Waals surface area contributed by atoms with Crippen LogP contribution in [0.4, 0.5) is 0 Å². The molecule has 0 amide bonds. The highest BCUT2D eigenvalue weighted by Gasteiger charge is 2.18. The van der Waals surface area contributed by atoms with E-state index in [1.54, 1.807) is 6.07 Å². The van der Waals surface area contributed by atoms with Gasteiger partial charge in [0.2, 0.25) is 10.0 Å². The van der Waals surface area contributed by atoms with Gasteiger partial charge in [0.1, 0.15) is 25.6 Å². The third-order valence-corrected chi connectivity index (χ3v) is 5.30. The van der Waals surface area contributed by atoms with E-state index in [4.69, 9.17) is 14.2 Å². The summed E-state index contributed by atoms with van der Waals surface area (Å²) < 4.78 is 44.2. The second-order valence-electron chi connectivity index (χ2n) is 5.23. The van der Waals surface area contributed by atoms with Crippen LogP contribution in [0.15, 0.2) is 51.8 Å². The zero-order valence-corrected chi connectivity index (χ0v) is 16.1. The minimum atomic E-state index is -3.67. The van der Waals surface area contributed by atoms with Gasteiger partial charge in [-0.25, -0.2) is 8.42 Å². The molecule has 3 rings (SSSR count). The van der Waals surface area contributed by atoms with E-state index in [0.29, 0.717) is 30.5 Å². The molecule has 0 aromatic heterocycles. The number of benzene rings is 2. The molecular weight excluding hydrogens is 422 g/mol. The number of hydrogen-bond donors (Lipinski definition) is 1. The largest absolute Gasteiger partial charge is 0.486 e. The molecular formula is C18H16BrNO5S.